The molecule has 0 saturated heterocycles. The number of hydrogen-bond donors (Lipinski definition) is 1. The van der Waals surface area contributed by atoms with E-state index in [1.807, 2.05) is 6.08 Å². The molecule has 0 bridgehead atoms. The van der Waals surface area contributed by atoms with E-state index in [0.717, 1.165) is 6.54 Å². The summed E-state index contributed by atoms with van der Waals surface area (Å²) < 4.78 is 0. The van der Waals surface area contributed by atoms with Gasteiger partial charge in [-0.2, -0.15) is 0 Å². The molecule has 0 unspecified atom stereocenters. The van der Waals surface area contributed by atoms with Crippen molar-refractivity contribution in [3.05, 3.63) is 47.5 Å². The fourth-order valence-electron chi connectivity index (χ4n) is 2.48. The van der Waals surface area contributed by atoms with Crippen LogP contribution in [0.2, 0.25) is 0 Å². The molecule has 0 aliphatic heterocycles. The molecule has 0 fully saturated rings. The molecule has 15 heavy (non-hydrogen) atoms. The summed E-state index contributed by atoms with van der Waals surface area (Å²) in [6.45, 7) is 9.13. The third kappa shape index (κ3) is 1.98. The van der Waals surface area contributed by atoms with Crippen LogP contribution in [0.15, 0.2) is 30.9 Å². The highest BCUT2D eigenvalue weighted by Crippen LogP contribution is 2.36. The van der Waals surface area contributed by atoms with Gasteiger partial charge in [0.15, 0.2) is 0 Å². The summed E-state index contributed by atoms with van der Waals surface area (Å²) in [6.07, 6.45) is 3.13. The highest BCUT2D eigenvalue weighted by atomic mass is 14.9. The van der Waals surface area contributed by atoms with Gasteiger partial charge in [-0.3, -0.25) is 0 Å². The minimum Gasteiger partial charge on any atom is -0.306 e. The zero-order valence-corrected chi connectivity index (χ0v) is 9.59. The highest BCUT2D eigenvalue weighted by Gasteiger charge is 2.28. The van der Waals surface area contributed by atoms with Gasteiger partial charge in [0, 0.05) is 12.6 Å². The van der Waals surface area contributed by atoms with Crippen molar-refractivity contribution in [3.8, 4) is 0 Å². The fourth-order valence-corrected chi connectivity index (χ4v) is 2.48. The van der Waals surface area contributed by atoms with Crippen LogP contribution in [0.4, 0.5) is 0 Å². The van der Waals surface area contributed by atoms with Crippen LogP contribution in [0.5, 0.6) is 0 Å². The Bertz CT molecular complexity index is 368. The summed E-state index contributed by atoms with van der Waals surface area (Å²) in [6, 6.07) is 7.32. The van der Waals surface area contributed by atoms with E-state index in [2.05, 4.69) is 43.9 Å². The second kappa shape index (κ2) is 4.19. The molecule has 2 rings (SSSR count). The van der Waals surface area contributed by atoms with Gasteiger partial charge in [0.05, 0.1) is 0 Å². The topological polar surface area (TPSA) is 12.0 Å². The summed E-state index contributed by atoms with van der Waals surface area (Å²) in [5.41, 5.74) is 4.35. The smallest absolute Gasteiger partial charge is 0.0354 e. The number of benzene rings is 1. The molecule has 0 amide bonds. The molecule has 2 atom stereocenters. The van der Waals surface area contributed by atoms with Crippen LogP contribution in [-0.4, -0.2) is 6.54 Å². The lowest BCUT2D eigenvalue weighted by Gasteiger charge is -2.17. The van der Waals surface area contributed by atoms with E-state index in [0.29, 0.717) is 12.0 Å². The highest BCUT2D eigenvalue weighted by molar-refractivity contribution is 5.38. The molecule has 1 aromatic carbocycles. The van der Waals surface area contributed by atoms with Crippen LogP contribution >= 0.6 is 0 Å². The summed E-state index contributed by atoms with van der Waals surface area (Å²) in [5, 5.41) is 3.55. The Kier molecular flexibility index (Phi) is 2.92. The van der Waals surface area contributed by atoms with Crippen molar-refractivity contribution in [2.75, 3.05) is 6.54 Å². The molecular formula is C14H19N. The van der Waals surface area contributed by atoms with Gasteiger partial charge >= 0.3 is 0 Å². The standard InChI is InChI=1S/C14H19N/c1-4-7-15-14-11(3)9-12-6-5-10(2)8-13(12)14/h4-6,8,11,14-15H,1,7,9H2,2-3H3/t11-,14-/m0/s1. The number of nitrogens with one attached hydrogen (secondary N) is 1. The van der Waals surface area contributed by atoms with Crippen LogP contribution in [0.1, 0.15) is 29.7 Å². The van der Waals surface area contributed by atoms with Crippen LogP contribution in [0.25, 0.3) is 0 Å². The monoisotopic (exact) mass is 201 g/mol. The lowest BCUT2D eigenvalue weighted by Crippen LogP contribution is -2.23. The molecule has 0 saturated carbocycles. The summed E-state index contributed by atoms with van der Waals surface area (Å²) in [4.78, 5) is 0. The van der Waals surface area contributed by atoms with Gasteiger partial charge in [-0.1, -0.05) is 36.8 Å². The first-order chi connectivity index (χ1) is 7.22. The van der Waals surface area contributed by atoms with Crippen LogP contribution in [0, 0.1) is 12.8 Å². The largest absolute Gasteiger partial charge is 0.306 e. The van der Waals surface area contributed by atoms with E-state index in [1.54, 1.807) is 0 Å². The van der Waals surface area contributed by atoms with Gasteiger partial charge in [-0.25, -0.2) is 0 Å². The second-order valence-corrected chi connectivity index (χ2v) is 4.56. The first-order valence-corrected chi connectivity index (χ1v) is 5.66. The van der Waals surface area contributed by atoms with E-state index in [1.165, 1.54) is 23.1 Å². The van der Waals surface area contributed by atoms with Crippen LogP contribution < -0.4 is 5.32 Å². The summed E-state index contributed by atoms with van der Waals surface area (Å²) >= 11 is 0. The molecule has 1 aliphatic rings. The minimum absolute atomic E-state index is 0.512. The molecule has 1 nitrogen and oxygen atoms in total. The third-order valence-corrected chi connectivity index (χ3v) is 3.23. The minimum atomic E-state index is 0.512. The summed E-state index contributed by atoms with van der Waals surface area (Å²) in [5.74, 6) is 0.696. The maximum absolute atomic E-state index is 3.76. The Morgan fingerprint density at radius 2 is 2.33 bits per heavy atom. The number of hydrogen-bond acceptors (Lipinski definition) is 1. The molecular weight excluding hydrogens is 182 g/mol. The van der Waals surface area contributed by atoms with Crippen molar-refractivity contribution < 1.29 is 0 Å². The lowest BCUT2D eigenvalue weighted by atomic mass is 10.0. The maximum Gasteiger partial charge on any atom is 0.0354 e. The second-order valence-electron chi connectivity index (χ2n) is 4.56. The van der Waals surface area contributed by atoms with Gasteiger partial charge in [-0.05, 0) is 30.4 Å². The van der Waals surface area contributed by atoms with Crippen LogP contribution in [-0.2, 0) is 6.42 Å². The predicted molar refractivity (Wildman–Crippen MR) is 65.0 cm³/mol. The fraction of sp³-hybridized carbons (Fsp3) is 0.429. The van der Waals surface area contributed by atoms with Gasteiger partial charge in [0.1, 0.15) is 0 Å². The third-order valence-electron chi connectivity index (χ3n) is 3.23. The molecule has 0 heterocycles. The maximum atomic E-state index is 3.76. The van der Waals surface area contributed by atoms with E-state index in [9.17, 15) is 0 Å². The lowest BCUT2D eigenvalue weighted by molar-refractivity contribution is 0.433. The SMILES string of the molecule is C=CCN[C@@H]1c2cc(C)ccc2C[C@@H]1C. The average Bonchev–Trinajstić information content (AvgIpc) is 2.51. The number of aryl methyl sites for hydroxylation is 1. The van der Waals surface area contributed by atoms with Crippen molar-refractivity contribution in [2.45, 2.75) is 26.3 Å². The van der Waals surface area contributed by atoms with E-state index >= 15 is 0 Å². The van der Waals surface area contributed by atoms with Crippen molar-refractivity contribution in [1.82, 2.24) is 5.32 Å². The molecule has 80 valence electrons. The summed E-state index contributed by atoms with van der Waals surface area (Å²) in [7, 11) is 0. The van der Waals surface area contributed by atoms with Gasteiger partial charge in [0.25, 0.3) is 0 Å². The Morgan fingerprint density at radius 1 is 1.53 bits per heavy atom. The van der Waals surface area contributed by atoms with Crippen LogP contribution in [0.3, 0.4) is 0 Å². The quantitative estimate of drug-likeness (QED) is 0.741. The van der Waals surface area contributed by atoms with Crippen molar-refractivity contribution in [3.63, 3.8) is 0 Å². The van der Waals surface area contributed by atoms with E-state index in [4.69, 9.17) is 0 Å². The van der Waals surface area contributed by atoms with E-state index in [-0.39, 0.29) is 0 Å². The number of fused-ring (bicyclic) bond motifs is 1. The first kappa shape index (κ1) is 10.4. The Morgan fingerprint density at radius 3 is 3.07 bits per heavy atom. The van der Waals surface area contributed by atoms with Gasteiger partial charge < -0.3 is 5.32 Å². The normalized spacial score (nSPS) is 23.9. The number of rotatable bonds is 3. The van der Waals surface area contributed by atoms with Gasteiger partial charge in [0.2, 0.25) is 0 Å². The van der Waals surface area contributed by atoms with E-state index < -0.39 is 0 Å². The molecule has 1 N–H and O–H groups in total. The average molecular weight is 201 g/mol. The predicted octanol–water partition coefficient (Wildman–Crippen LogP) is 3.00. The Labute approximate surface area is 92.2 Å². The molecule has 1 aromatic rings. The zero-order chi connectivity index (χ0) is 10.8. The first-order valence-electron chi connectivity index (χ1n) is 5.66. The molecule has 0 radical (unpaired) electrons. The molecule has 0 spiro atoms. The van der Waals surface area contributed by atoms with Crippen molar-refractivity contribution in [1.29, 1.82) is 0 Å². The Balaban J connectivity index is 2.26. The molecule has 1 heteroatoms. The molecule has 0 aromatic heterocycles. The van der Waals surface area contributed by atoms with Gasteiger partial charge in [-0.15, -0.1) is 6.58 Å². The Hall–Kier alpha value is -1.08. The zero-order valence-electron chi connectivity index (χ0n) is 9.59. The van der Waals surface area contributed by atoms with Crippen molar-refractivity contribution in [2.24, 2.45) is 5.92 Å². The molecule has 1 aliphatic carbocycles. The van der Waals surface area contributed by atoms with Crippen molar-refractivity contribution >= 4 is 0 Å².